The number of carbonyl (C=O) groups excluding carboxylic acids is 1. The molecule has 0 atom stereocenters. The zero-order chi connectivity index (χ0) is 18.0. The van der Waals surface area contributed by atoms with Gasteiger partial charge in [0.1, 0.15) is 22.9 Å². The summed E-state index contributed by atoms with van der Waals surface area (Å²) >= 11 is 0. The van der Waals surface area contributed by atoms with E-state index in [-0.39, 0.29) is 17.5 Å². The average Bonchev–Trinajstić information content (AvgIpc) is 2.99. The molecule has 3 rings (SSSR count). The molecule has 1 heterocycles. The number of hydrogen-bond donors (Lipinski definition) is 2. The molecule has 6 nitrogen and oxygen atoms in total. The van der Waals surface area contributed by atoms with E-state index in [0.29, 0.717) is 11.4 Å². The summed E-state index contributed by atoms with van der Waals surface area (Å²) in [4.78, 5) is 15.4. The molecule has 128 valence electrons. The van der Waals surface area contributed by atoms with Crippen LogP contribution in [0.5, 0.6) is 5.75 Å². The number of nitrogens with zero attached hydrogens (tertiary/aromatic N) is 1. The Morgan fingerprint density at radius 1 is 1.16 bits per heavy atom. The molecule has 0 saturated carbocycles. The van der Waals surface area contributed by atoms with Crippen LogP contribution in [-0.2, 0) is 0 Å². The smallest absolute Gasteiger partial charge is 0.273 e. The third-order valence-electron chi connectivity index (χ3n) is 3.39. The van der Waals surface area contributed by atoms with Crippen molar-refractivity contribution in [3.05, 3.63) is 59.8 Å². The van der Waals surface area contributed by atoms with Gasteiger partial charge in [-0.25, -0.2) is 13.8 Å². The first-order chi connectivity index (χ1) is 12.0. The number of methoxy groups -OCH3 is 1. The molecule has 3 aromatic rings. The molecule has 2 aromatic carbocycles. The van der Waals surface area contributed by atoms with Crippen molar-refractivity contribution in [2.75, 3.05) is 12.4 Å². The number of nitrogens with two attached hydrogens (primary N) is 1. The van der Waals surface area contributed by atoms with Crippen molar-refractivity contribution >= 4 is 17.5 Å². The highest BCUT2D eigenvalue weighted by Crippen LogP contribution is 2.31. The first-order valence-electron chi connectivity index (χ1n) is 7.15. The summed E-state index contributed by atoms with van der Waals surface area (Å²) in [6, 6.07) is 10.0. The minimum Gasteiger partial charge on any atom is -0.497 e. The highest BCUT2D eigenvalue weighted by atomic mass is 19.1. The fourth-order valence-corrected chi connectivity index (χ4v) is 2.19. The number of benzene rings is 2. The molecule has 0 unspecified atom stereocenters. The lowest BCUT2D eigenvalue weighted by Crippen LogP contribution is -2.13. The van der Waals surface area contributed by atoms with Crippen LogP contribution < -0.4 is 15.8 Å². The Morgan fingerprint density at radius 3 is 2.36 bits per heavy atom. The van der Waals surface area contributed by atoms with Gasteiger partial charge in [-0.2, -0.15) is 0 Å². The number of amides is 1. The van der Waals surface area contributed by atoms with Gasteiger partial charge >= 0.3 is 0 Å². The number of primary amides is 1. The van der Waals surface area contributed by atoms with E-state index < -0.39 is 23.1 Å². The van der Waals surface area contributed by atoms with E-state index in [2.05, 4.69) is 10.3 Å². The van der Waals surface area contributed by atoms with E-state index in [1.165, 1.54) is 13.2 Å². The Kier molecular flexibility index (Phi) is 4.34. The monoisotopic (exact) mass is 345 g/mol. The Labute approximate surface area is 141 Å². The maximum atomic E-state index is 13.9. The van der Waals surface area contributed by atoms with Crippen LogP contribution in [0.25, 0.3) is 11.5 Å². The molecule has 1 aromatic heterocycles. The number of anilines is 2. The van der Waals surface area contributed by atoms with Crippen molar-refractivity contribution < 1.29 is 22.7 Å². The Morgan fingerprint density at radius 2 is 1.80 bits per heavy atom. The van der Waals surface area contributed by atoms with E-state index in [4.69, 9.17) is 14.9 Å². The van der Waals surface area contributed by atoms with E-state index in [9.17, 15) is 13.6 Å². The minimum atomic E-state index is -0.900. The van der Waals surface area contributed by atoms with Gasteiger partial charge in [0.2, 0.25) is 11.8 Å². The summed E-state index contributed by atoms with van der Waals surface area (Å²) in [5.74, 6) is -2.51. The zero-order valence-electron chi connectivity index (χ0n) is 13.0. The maximum absolute atomic E-state index is 13.9. The predicted octanol–water partition coefficient (Wildman–Crippen LogP) is 3.47. The highest BCUT2D eigenvalue weighted by Gasteiger charge is 2.23. The van der Waals surface area contributed by atoms with Crippen LogP contribution in [0.4, 0.5) is 20.4 Å². The van der Waals surface area contributed by atoms with Gasteiger partial charge in [-0.05, 0) is 36.4 Å². The van der Waals surface area contributed by atoms with Crippen LogP contribution >= 0.6 is 0 Å². The van der Waals surface area contributed by atoms with Gasteiger partial charge in [-0.15, -0.1) is 0 Å². The molecule has 0 spiro atoms. The molecule has 0 bridgehead atoms. The summed E-state index contributed by atoms with van der Waals surface area (Å²) in [6.45, 7) is 0. The molecule has 0 aliphatic heterocycles. The number of nitrogens with one attached hydrogen (secondary N) is 1. The van der Waals surface area contributed by atoms with Gasteiger partial charge in [-0.1, -0.05) is 6.07 Å². The predicted molar refractivity (Wildman–Crippen MR) is 86.6 cm³/mol. The van der Waals surface area contributed by atoms with Crippen molar-refractivity contribution in [2.45, 2.75) is 0 Å². The molecule has 1 amide bonds. The Balaban J connectivity index is 2.01. The average molecular weight is 345 g/mol. The van der Waals surface area contributed by atoms with Crippen molar-refractivity contribution in [1.29, 1.82) is 0 Å². The van der Waals surface area contributed by atoms with Crippen LogP contribution in [-0.4, -0.2) is 18.0 Å². The zero-order valence-corrected chi connectivity index (χ0v) is 13.0. The van der Waals surface area contributed by atoms with Crippen LogP contribution in [0.15, 0.2) is 46.9 Å². The molecule has 3 N–H and O–H groups in total. The van der Waals surface area contributed by atoms with E-state index in [1.54, 1.807) is 24.3 Å². The maximum Gasteiger partial charge on any atom is 0.273 e. The van der Waals surface area contributed by atoms with Gasteiger partial charge in [0.25, 0.3) is 5.91 Å². The number of ether oxygens (including phenoxy) is 1. The molecule has 0 aliphatic carbocycles. The summed E-state index contributed by atoms with van der Waals surface area (Å²) < 4.78 is 38.2. The van der Waals surface area contributed by atoms with Crippen molar-refractivity contribution in [3.63, 3.8) is 0 Å². The fourth-order valence-electron chi connectivity index (χ4n) is 2.19. The highest BCUT2D eigenvalue weighted by molar-refractivity contribution is 5.96. The standard InChI is InChI=1S/C17H13F2N3O3/c1-24-10-7-5-9(6-8-10)21-17-14(15(20)23)22-16(25-17)13-11(18)3-2-4-12(13)19/h2-8,21H,1H3,(H2,20,23). The van der Waals surface area contributed by atoms with Crippen LogP contribution in [0.2, 0.25) is 0 Å². The second kappa shape index (κ2) is 6.60. The quantitative estimate of drug-likeness (QED) is 0.739. The summed E-state index contributed by atoms with van der Waals surface area (Å²) in [5.41, 5.74) is 5.07. The number of aromatic nitrogens is 1. The first-order valence-corrected chi connectivity index (χ1v) is 7.15. The first kappa shape index (κ1) is 16.4. The molecule has 0 saturated heterocycles. The van der Waals surface area contributed by atoms with Crippen molar-refractivity contribution in [3.8, 4) is 17.2 Å². The molecule has 8 heteroatoms. The molecular formula is C17H13F2N3O3. The van der Waals surface area contributed by atoms with Gasteiger partial charge in [0, 0.05) is 5.69 Å². The van der Waals surface area contributed by atoms with Crippen molar-refractivity contribution in [2.24, 2.45) is 5.73 Å². The molecular weight excluding hydrogens is 332 g/mol. The van der Waals surface area contributed by atoms with Gasteiger partial charge in [-0.3, -0.25) is 4.79 Å². The molecule has 25 heavy (non-hydrogen) atoms. The van der Waals surface area contributed by atoms with Crippen LogP contribution in [0, 0.1) is 11.6 Å². The largest absolute Gasteiger partial charge is 0.497 e. The van der Waals surface area contributed by atoms with Gasteiger partial charge in [0.15, 0.2) is 5.69 Å². The second-order valence-corrected chi connectivity index (χ2v) is 5.01. The number of oxazole rings is 1. The van der Waals surface area contributed by atoms with Gasteiger partial charge < -0.3 is 20.2 Å². The third kappa shape index (κ3) is 3.27. The van der Waals surface area contributed by atoms with Crippen LogP contribution in [0.3, 0.4) is 0 Å². The summed E-state index contributed by atoms with van der Waals surface area (Å²) in [5, 5.41) is 2.80. The lowest BCUT2D eigenvalue weighted by atomic mass is 10.2. The topological polar surface area (TPSA) is 90.4 Å². The van der Waals surface area contributed by atoms with Crippen molar-refractivity contribution in [1.82, 2.24) is 4.98 Å². The number of carbonyl (C=O) groups is 1. The van der Waals surface area contributed by atoms with Crippen LogP contribution in [0.1, 0.15) is 10.5 Å². The second-order valence-electron chi connectivity index (χ2n) is 5.01. The van der Waals surface area contributed by atoms with E-state index in [0.717, 1.165) is 12.1 Å². The lowest BCUT2D eigenvalue weighted by molar-refractivity contribution is 0.0996. The molecule has 0 radical (unpaired) electrons. The van der Waals surface area contributed by atoms with E-state index >= 15 is 0 Å². The number of rotatable bonds is 5. The Bertz CT molecular complexity index is 903. The molecule has 0 aliphatic rings. The third-order valence-corrected chi connectivity index (χ3v) is 3.39. The minimum absolute atomic E-state index is 0.115. The summed E-state index contributed by atoms with van der Waals surface area (Å²) in [7, 11) is 1.53. The van der Waals surface area contributed by atoms with E-state index in [1.807, 2.05) is 0 Å². The fraction of sp³-hybridized carbons (Fsp3) is 0.0588. The Hall–Kier alpha value is -3.42. The summed E-state index contributed by atoms with van der Waals surface area (Å²) in [6.07, 6.45) is 0. The normalized spacial score (nSPS) is 10.5. The van der Waals surface area contributed by atoms with Gasteiger partial charge in [0.05, 0.1) is 7.11 Å². The number of halogens is 2. The number of hydrogen-bond acceptors (Lipinski definition) is 5. The molecule has 0 fully saturated rings. The lowest BCUT2D eigenvalue weighted by Gasteiger charge is -2.05. The SMILES string of the molecule is COc1ccc(Nc2oc(-c3c(F)cccc3F)nc2C(N)=O)cc1.